The Morgan fingerprint density at radius 3 is 2.53 bits per heavy atom. The van der Waals surface area contributed by atoms with Crippen LogP contribution in [0.2, 0.25) is 0 Å². The van der Waals surface area contributed by atoms with E-state index in [0.29, 0.717) is 104 Å². The molecular formula is C46H56F2N10O6. The lowest BCUT2D eigenvalue weighted by molar-refractivity contribution is -0.176. The van der Waals surface area contributed by atoms with E-state index in [9.17, 15) is 33.2 Å². The van der Waals surface area contributed by atoms with Gasteiger partial charge in [0.15, 0.2) is 5.82 Å². The molecule has 64 heavy (non-hydrogen) atoms. The number of likely N-dealkylation sites (tertiary alicyclic amines) is 1. The number of fused-ring (bicyclic) bond motifs is 3. The van der Waals surface area contributed by atoms with E-state index in [0.717, 1.165) is 67.3 Å². The molecule has 18 heteroatoms. The number of hydrogen-bond acceptors (Lipinski definition) is 9. The number of ether oxygens (including phenoxy) is 1. The summed E-state index contributed by atoms with van der Waals surface area (Å²) in [4.78, 5) is 59.4. The van der Waals surface area contributed by atoms with Crippen molar-refractivity contribution in [1.29, 1.82) is 0 Å². The molecule has 0 bridgehead atoms. The lowest BCUT2D eigenvalue weighted by Crippen LogP contribution is -2.51. The van der Waals surface area contributed by atoms with Crippen molar-refractivity contribution in [3.05, 3.63) is 76.2 Å². The molecule has 5 amide bonds. The maximum atomic E-state index is 14.7. The topological polar surface area (TPSA) is 162 Å². The number of rotatable bonds is 12. The van der Waals surface area contributed by atoms with Gasteiger partial charge < -0.3 is 29.7 Å². The van der Waals surface area contributed by atoms with Crippen LogP contribution in [0.5, 0.6) is 5.75 Å². The Balaban J connectivity index is 0.818. The van der Waals surface area contributed by atoms with Gasteiger partial charge in [0, 0.05) is 105 Å². The first-order valence-corrected chi connectivity index (χ1v) is 22.6. The van der Waals surface area contributed by atoms with E-state index in [1.165, 1.54) is 4.90 Å². The minimum absolute atomic E-state index is 0.0402. The highest BCUT2D eigenvalue weighted by Gasteiger charge is 2.41. The van der Waals surface area contributed by atoms with Gasteiger partial charge in [-0.3, -0.25) is 29.0 Å². The maximum absolute atomic E-state index is 14.7. The van der Waals surface area contributed by atoms with Gasteiger partial charge in [0.1, 0.15) is 11.8 Å². The van der Waals surface area contributed by atoms with Gasteiger partial charge in [-0.25, -0.2) is 18.6 Å². The Morgan fingerprint density at radius 1 is 0.938 bits per heavy atom. The zero-order valence-corrected chi connectivity index (χ0v) is 36.5. The number of nitrogens with one attached hydrogen (secondary N) is 1. The fourth-order valence-corrected chi connectivity index (χ4v) is 10.2. The van der Waals surface area contributed by atoms with Crippen LogP contribution in [0.25, 0.3) is 11.1 Å². The Morgan fingerprint density at radius 2 is 1.77 bits per heavy atom. The molecule has 9 rings (SSSR count). The Hall–Kier alpha value is -6.04. The summed E-state index contributed by atoms with van der Waals surface area (Å²) in [5.41, 5.74) is 6.01. The van der Waals surface area contributed by atoms with Crippen LogP contribution in [0, 0.1) is 0 Å². The molecule has 2 saturated heterocycles. The number of anilines is 2. The predicted molar refractivity (Wildman–Crippen MR) is 231 cm³/mol. The molecule has 2 aromatic heterocycles. The molecule has 2 N–H and O–H groups in total. The number of piperidine rings is 2. The molecule has 2 fully saturated rings. The summed E-state index contributed by atoms with van der Waals surface area (Å²) in [6.45, 7) is 3.63. The highest BCUT2D eigenvalue weighted by Crippen LogP contribution is 2.44. The van der Waals surface area contributed by atoms with Gasteiger partial charge in [-0.2, -0.15) is 10.2 Å². The average molecular weight is 883 g/mol. The van der Waals surface area contributed by atoms with Crippen LogP contribution in [0.1, 0.15) is 109 Å². The standard InChI is InChI=1S/C46H56F2N10O6/c1-49-46(62)54-21-16-37-36(27-54)43(55-17-7-9-29-23-33(30-25-50-52(2)26-30)34(42(47)48)24-39(29)55)51-58(37)31-14-19-53(20-15-31)41(59)13-4-3-5-22-64-40-12-6-10-32-35(40)28-56(44(32)60)38-11-8-18-57(63)45(38)61/h6,10,12,23-26,31,38,42,63H,3-5,7-9,11,13-22,27-28H2,1-2H3,(H,49,62). The molecule has 0 saturated carbocycles. The van der Waals surface area contributed by atoms with Gasteiger partial charge in [-0.15, -0.1) is 0 Å². The third-order valence-corrected chi connectivity index (χ3v) is 13.6. The van der Waals surface area contributed by atoms with Crippen molar-refractivity contribution >= 4 is 35.3 Å². The van der Waals surface area contributed by atoms with Crippen LogP contribution in [-0.2, 0) is 42.6 Å². The van der Waals surface area contributed by atoms with E-state index in [1.54, 1.807) is 54.3 Å². The number of unbranched alkanes of at least 4 members (excludes halogenated alkanes) is 2. The molecule has 4 aromatic rings. The first kappa shape index (κ1) is 43.2. The Bertz CT molecular complexity index is 2430. The van der Waals surface area contributed by atoms with Crippen molar-refractivity contribution in [2.45, 2.75) is 102 Å². The van der Waals surface area contributed by atoms with Crippen LogP contribution in [0.4, 0.5) is 25.1 Å². The second kappa shape index (κ2) is 18.2. The van der Waals surface area contributed by atoms with Gasteiger partial charge in [-0.1, -0.05) is 6.07 Å². The van der Waals surface area contributed by atoms with Gasteiger partial charge in [0.2, 0.25) is 5.91 Å². The number of carbonyl (C=O) groups is 4. The monoisotopic (exact) mass is 882 g/mol. The Labute approximate surface area is 370 Å². The van der Waals surface area contributed by atoms with E-state index in [4.69, 9.17) is 9.84 Å². The zero-order valence-electron chi connectivity index (χ0n) is 36.5. The predicted octanol–water partition coefficient (Wildman–Crippen LogP) is 6.14. The van der Waals surface area contributed by atoms with Crippen molar-refractivity contribution in [3.8, 4) is 16.9 Å². The minimum atomic E-state index is -2.69. The SMILES string of the molecule is CNC(=O)N1CCc2c(c(N3CCCc4cc(-c5cnn(C)c5)c(C(F)F)cc43)nn2C2CCN(C(=O)CCCCCOc3cccc4c3CN(C3CCCN(O)C3=O)C4=O)CC2)C1. The summed E-state index contributed by atoms with van der Waals surface area (Å²) >= 11 is 0. The second-order valence-corrected chi connectivity index (χ2v) is 17.6. The number of hydroxylamine groups is 2. The number of aromatic nitrogens is 4. The molecule has 5 aliphatic rings. The molecule has 0 radical (unpaired) electrons. The van der Waals surface area contributed by atoms with Crippen molar-refractivity contribution in [3.63, 3.8) is 0 Å². The summed E-state index contributed by atoms with van der Waals surface area (Å²) in [7, 11) is 3.38. The molecule has 1 unspecified atom stereocenters. The molecule has 7 heterocycles. The highest BCUT2D eigenvalue weighted by atomic mass is 19.3. The number of amides is 5. The molecule has 0 spiro atoms. The fraction of sp³-hybridized carbons (Fsp3) is 0.522. The molecule has 16 nitrogen and oxygen atoms in total. The first-order chi connectivity index (χ1) is 31.0. The number of hydrogen-bond donors (Lipinski definition) is 2. The Kier molecular flexibility index (Phi) is 12.3. The van der Waals surface area contributed by atoms with E-state index in [1.807, 2.05) is 17.0 Å². The molecular weight excluding hydrogens is 827 g/mol. The number of benzene rings is 2. The van der Waals surface area contributed by atoms with Crippen LogP contribution in [-0.4, -0.2) is 121 Å². The summed E-state index contributed by atoms with van der Waals surface area (Å²) in [6.07, 6.45) is 8.09. The van der Waals surface area contributed by atoms with Crippen LogP contribution < -0.4 is 15.0 Å². The van der Waals surface area contributed by atoms with Crippen molar-refractivity contribution < 1.29 is 37.9 Å². The summed E-state index contributed by atoms with van der Waals surface area (Å²) in [5, 5.41) is 22.9. The van der Waals surface area contributed by atoms with E-state index >= 15 is 0 Å². The molecule has 340 valence electrons. The van der Waals surface area contributed by atoms with Crippen LogP contribution in [0.15, 0.2) is 42.7 Å². The average Bonchev–Trinajstić information content (AvgIpc) is 4.02. The van der Waals surface area contributed by atoms with E-state index in [-0.39, 0.29) is 42.5 Å². The van der Waals surface area contributed by atoms with Gasteiger partial charge in [0.05, 0.1) is 31.9 Å². The van der Waals surface area contributed by atoms with Crippen molar-refractivity contribution in [1.82, 2.24) is 44.6 Å². The lowest BCUT2D eigenvalue weighted by atomic mass is 9.92. The number of urea groups is 1. The number of carbonyl (C=O) groups excluding carboxylic acids is 4. The number of nitrogens with zero attached hydrogens (tertiary/aromatic N) is 9. The second-order valence-electron chi connectivity index (χ2n) is 17.6. The third-order valence-electron chi connectivity index (χ3n) is 13.6. The van der Waals surface area contributed by atoms with Crippen LogP contribution in [0.3, 0.4) is 0 Å². The largest absolute Gasteiger partial charge is 0.493 e. The number of aryl methyl sites for hydroxylation is 2. The summed E-state index contributed by atoms with van der Waals surface area (Å²) in [6, 6.07) is 8.02. The van der Waals surface area contributed by atoms with E-state index < -0.39 is 18.4 Å². The molecule has 5 aliphatic heterocycles. The van der Waals surface area contributed by atoms with Gasteiger partial charge in [0.25, 0.3) is 18.2 Å². The summed E-state index contributed by atoms with van der Waals surface area (Å²) in [5.74, 6) is 0.745. The van der Waals surface area contributed by atoms with Crippen molar-refractivity contribution in [2.75, 3.05) is 51.3 Å². The maximum Gasteiger partial charge on any atom is 0.317 e. The minimum Gasteiger partial charge on any atom is -0.493 e. The molecule has 1 atom stereocenters. The fourth-order valence-electron chi connectivity index (χ4n) is 10.2. The molecule has 2 aromatic carbocycles. The summed E-state index contributed by atoms with van der Waals surface area (Å²) < 4.78 is 39.3. The quantitative estimate of drug-likeness (QED) is 0.126. The normalized spacial score (nSPS) is 19.0. The third kappa shape index (κ3) is 8.27. The smallest absolute Gasteiger partial charge is 0.317 e. The van der Waals surface area contributed by atoms with Crippen molar-refractivity contribution in [2.24, 2.45) is 7.05 Å². The first-order valence-electron chi connectivity index (χ1n) is 22.6. The van der Waals surface area contributed by atoms with Gasteiger partial charge in [-0.05, 0) is 93.2 Å². The molecule has 0 aliphatic carbocycles. The van der Waals surface area contributed by atoms with Gasteiger partial charge >= 0.3 is 6.03 Å². The highest BCUT2D eigenvalue weighted by molar-refractivity contribution is 6.01. The van der Waals surface area contributed by atoms with Crippen LogP contribution >= 0.6 is 0 Å². The van der Waals surface area contributed by atoms with E-state index in [2.05, 4.69) is 20.0 Å². The lowest BCUT2D eigenvalue weighted by Gasteiger charge is -2.34. The number of halogens is 2. The zero-order chi connectivity index (χ0) is 44.6. The number of alkyl halides is 2.